The minimum atomic E-state index is -0.693. The first-order chi connectivity index (χ1) is 11.6. The third-order valence-corrected chi connectivity index (χ3v) is 3.27. The highest BCUT2D eigenvalue weighted by atomic mass is 16.6. The van der Waals surface area contributed by atoms with Crippen molar-refractivity contribution in [3.05, 3.63) is 52.1 Å². The van der Waals surface area contributed by atoms with Crippen molar-refractivity contribution in [2.75, 3.05) is 12.5 Å². The summed E-state index contributed by atoms with van der Waals surface area (Å²) < 4.78 is 4.93. The summed E-state index contributed by atoms with van der Waals surface area (Å²) in [5.74, 6) is -0.0908. The van der Waals surface area contributed by atoms with Gasteiger partial charge in [-0.2, -0.15) is 5.10 Å². The monoisotopic (exact) mass is 327 g/mol. The van der Waals surface area contributed by atoms with Gasteiger partial charge in [0.05, 0.1) is 29.3 Å². The molecule has 0 unspecified atom stereocenters. The Hall–Kier alpha value is -3.62. The number of phenols is 1. The number of aromatic amines is 1. The van der Waals surface area contributed by atoms with E-state index in [-0.39, 0.29) is 5.75 Å². The fourth-order valence-electron chi connectivity index (χ4n) is 2.16. The van der Waals surface area contributed by atoms with Gasteiger partial charge in [0.2, 0.25) is 11.7 Å². The maximum atomic E-state index is 11.0. The number of rotatable bonds is 5. The van der Waals surface area contributed by atoms with Crippen LogP contribution in [0.4, 0.5) is 11.6 Å². The lowest BCUT2D eigenvalue weighted by Crippen LogP contribution is -1.96. The minimum absolute atomic E-state index is 0.00520. The number of para-hydroxylation sites is 2. The highest BCUT2D eigenvalue weighted by Gasteiger charge is 2.19. The second-order valence-corrected chi connectivity index (χ2v) is 4.82. The Morgan fingerprint density at radius 1 is 1.42 bits per heavy atom. The van der Waals surface area contributed by atoms with Crippen molar-refractivity contribution in [2.24, 2.45) is 5.10 Å². The van der Waals surface area contributed by atoms with E-state index in [4.69, 9.17) is 4.74 Å². The number of methoxy groups -OCH3 is 1. The van der Waals surface area contributed by atoms with Gasteiger partial charge >= 0.3 is 5.69 Å². The normalized spacial score (nSPS) is 11.0. The van der Waals surface area contributed by atoms with Gasteiger partial charge in [0.1, 0.15) is 0 Å². The molecular weight excluding hydrogens is 314 g/mol. The summed E-state index contributed by atoms with van der Waals surface area (Å²) in [4.78, 5) is 17.6. The summed E-state index contributed by atoms with van der Waals surface area (Å²) in [5.41, 5.74) is 4.29. The van der Waals surface area contributed by atoms with Crippen molar-refractivity contribution in [3.63, 3.8) is 0 Å². The molecule has 0 atom stereocenters. The summed E-state index contributed by atoms with van der Waals surface area (Å²) in [6, 6.07) is 10.1. The van der Waals surface area contributed by atoms with Crippen LogP contribution in [0.1, 0.15) is 5.56 Å². The van der Waals surface area contributed by atoms with Gasteiger partial charge in [-0.25, -0.2) is 10.4 Å². The van der Waals surface area contributed by atoms with Gasteiger partial charge < -0.3 is 14.8 Å². The van der Waals surface area contributed by atoms with Crippen LogP contribution in [0.15, 0.2) is 41.5 Å². The Labute approximate surface area is 135 Å². The molecule has 9 nitrogen and oxygen atoms in total. The average molecular weight is 327 g/mol. The van der Waals surface area contributed by atoms with E-state index in [9.17, 15) is 15.2 Å². The van der Waals surface area contributed by atoms with Crippen molar-refractivity contribution in [1.82, 2.24) is 9.97 Å². The quantitative estimate of drug-likeness (QED) is 0.376. The lowest BCUT2D eigenvalue weighted by Gasteiger charge is -2.04. The van der Waals surface area contributed by atoms with Gasteiger partial charge in [0.15, 0.2) is 5.75 Å². The van der Waals surface area contributed by atoms with E-state index in [1.165, 1.54) is 25.5 Å². The van der Waals surface area contributed by atoms with Gasteiger partial charge in [-0.3, -0.25) is 10.1 Å². The molecule has 0 saturated heterocycles. The predicted molar refractivity (Wildman–Crippen MR) is 88.6 cm³/mol. The van der Waals surface area contributed by atoms with E-state index >= 15 is 0 Å². The Kier molecular flexibility index (Phi) is 3.98. The molecule has 0 aliphatic rings. The molecular formula is C15H13N5O4. The van der Waals surface area contributed by atoms with E-state index in [1.54, 1.807) is 0 Å². The summed E-state index contributed by atoms with van der Waals surface area (Å²) in [5, 5.41) is 24.7. The Morgan fingerprint density at radius 3 is 2.92 bits per heavy atom. The standard InChI is InChI=1S/C15H13N5O4/c1-24-13-7-9(6-12(14(13)21)20(22)23)8-16-19-15-17-10-4-2-3-5-11(10)18-15/h2-8,21H,1H3,(H2,17,18,19)/b16-8+. The number of nitro groups is 1. The van der Waals surface area contributed by atoms with Crippen LogP contribution in [0.5, 0.6) is 11.5 Å². The number of ether oxygens (including phenoxy) is 1. The number of nitro benzene ring substituents is 1. The number of H-pyrrole nitrogens is 1. The van der Waals surface area contributed by atoms with Gasteiger partial charge in [-0.15, -0.1) is 0 Å². The van der Waals surface area contributed by atoms with Crippen LogP contribution in [0.2, 0.25) is 0 Å². The number of hydrogen-bond donors (Lipinski definition) is 3. The lowest BCUT2D eigenvalue weighted by atomic mass is 10.2. The van der Waals surface area contributed by atoms with Crippen LogP contribution in [0.25, 0.3) is 11.0 Å². The minimum Gasteiger partial charge on any atom is -0.500 e. The van der Waals surface area contributed by atoms with Gasteiger partial charge in [0.25, 0.3) is 0 Å². The number of hydrogen-bond acceptors (Lipinski definition) is 7. The first kappa shape index (κ1) is 15.3. The number of fused-ring (bicyclic) bond motifs is 1. The first-order valence-corrected chi connectivity index (χ1v) is 6.87. The molecule has 3 rings (SSSR count). The van der Waals surface area contributed by atoms with E-state index in [2.05, 4.69) is 20.5 Å². The second kappa shape index (κ2) is 6.24. The summed E-state index contributed by atoms with van der Waals surface area (Å²) >= 11 is 0. The zero-order valence-corrected chi connectivity index (χ0v) is 12.6. The SMILES string of the molecule is COc1cc(/C=N/Nc2nc3ccccc3[nH]2)cc([N+](=O)[O-])c1O. The lowest BCUT2D eigenvalue weighted by molar-refractivity contribution is -0.386. The first-order valence-electron chi connectivity index (χ1n) is 6.87. The highest BCUT2D eigenvalue weighted by Crippen LogP contribution is 2.36. The topological polar surface area (TPSA) is 126 Å². The van der Waals surface area contributed by atoms with Crippen LogP contribution in [-0.2, 0) is 0 Å². The van der Waals surface area contributed by atoms with Crippen molar-refractivity contribution in [1.29, 1.82) is 0 Å². The molecule has 0 aliphatic carbocycles. The second-order valence-electron chi connectivity index (χ2n) is 4.82. The number of aromatic hydroxyl groups is 1. The summed E-state index contributed by atoms with van der Waals surface area (Å²) in [6.45, 7) is 0. The number of anilines is 1. The maximum absolute atomic E-state index is 11.0. The molecule has 2 aromatic carbocycles. The van der Waals surface area contributed by atoms with Crippen molar-refractivity contribution in [2.45, 2.75) is 0 Å². The number of aromatic nitrogens is 2. The van der Waals surface area contributed by atoms with E-state index < -0.39 is 16.4 Å². The van der Waals surface area contributed by atoms with E-state index in [0.717, 1.165) is 11.0 Å². The molecule has 9 heteroatoms. The average Bonchev–Trinajstić information content (AvgIpc) is 2.98. The van der Waals surface area contributed by atoms with Crippen LogP contribution < -0.4 is 10.2 Å². The third-order valence-electron chi connectivity index (χ3n) is 3.27. The molecule has 122 valence electrons. The van der Waals surface area contributed by atoms with Gasteiger partial charge in [-0.05, 0) is 18.2 Å². The smallest absolute Gasteiger partial charge is 0.315 e. The molecule has 0 radical (unpaired) electrons. The zero-order valence-electron chi connectivity index (χ0n) is 12.6. The molecule has 24 heavy (non-hydrogen) atoms. The number of phenolic OH excluding ortho intramolecular Hbond substituents is 1. The Bertz CT molecular complexity index is 902. The number of nitrogens with zero attached hydrogens (tertiary/aromatic N) is 3. The Balaban J connectivity index is 1.83. The number of hydrazone groups is 1. The van der Waals surface area contributed by atoms with Crippen molar-refractivity contribution < 1.29 is 14.8 Å². The zero-order chi connectivity index (χ0) is 17.1. The van der Waals surface area contributed by atoms with Gasteiger partial charge in [-0.1, -0.05) is 12.1 Å². The predicted octanol–water partition coefficient (Wildman–Crippen LogP) is 2.63. The van der Waals surface area contributed by atoms with E-state index in [1.807, 2.05) is 24.3 Å². The van der Waals surface area contributed by atoms with Crippen LogP contribution in [-0.4, -0.2) is 33.3 Å². The van der Waals surface area contributed by atoms with E-state index in [0.29, 0.717) is 11.5 Å². The van der Waals surface area contributed by atoms with Crippen molar-refractivity contribution >= 4 is 28.9 Å². The molecule has 1 heterocycles. The number of benzene rings is 2. The highest BCUT2D eigenvalue weighted by molar-refractivity contribution is 5.84. The molecule has 1 aromatic heterocycles. The van der Waals surface area contributed by atoms with Crippen LogP contribution >= 0.6 is 0 Å². The fraction of sp³-hybridized carbons (Fsp3) is 0.0667. The summed E-state index contributed by atoms with van der Waals surface area (Å²) in [6.07, 6.45) is 1.36. The van der Waals surface area contributed by atoms with Crippen molar-refractivity contribution in [3.8, 4) is 11.5 Å². The number of imidazole rings is 1. The summed E-state index contributed by atoms with van der Waals surface area (Å²) in [7, 11) is 1.31. The Morgan fingerprint density at radius 2 is 2.21 bits per heavy atom. The maximum Gasteiger partial charge on any atom is 0.315 e. The molecule has 0 fully saturated rings. The van der Waals surface area contributed by atoms with Gasteiger partial charge in [0, 0.05) is 11.6 Å². The number of nitrogens with one attached hydrogen (secondary N) is 2. The molecule has 0 amide bonds. The molecule has 0 spiro atoms. The van der Waals surface area contributed by atoms with Crippen LogP contribution in [0, 0.1) is 10.1 Å². The molecule has 0 saturated carbocycles. The third kappa shape index (κ3) is 2.95. The molecule has 3 N–H and O–H groups in total. The molecule has 0 aliphatic heterocycles. The molecule has 3 aromatic rings. The largest absolute Gasteiger partial charge is 0.500 e. The fourth-order valence-corrected chi connectivity index (χ4v) is 2.16. The van der Waals surface area contributed by atoms with Crippen LogP contribution in [0.3, 0.4) is 0 Å². The molecule has 0 bridgehead atoms.